The van der Waals surface area contributed by atoms with Crippen molar-refractivity contribution >= 4 is 35.3 Å². The third-order valence-corrected chi connectivity index (χ3v) is 15.0. The number of nitrogens with one attached hydrogen (secondary N) is 1. The van der Waals surface area contributed by atoms with E-state index in [4.69, 9.17) is 17.3 Å². The van der Waals surface area contributed by atoms with Gasteiger partial charge < -0.3 is 25.6 Å². The molecule has 3 rings (SSSR count). The Morgan fingerprint density at radius 3 is 2.09 bits per heavy atom. The summed E-state index contributed by atoms with van der Waals surface area (Å²) in [7, 11) is 6.20. The second-order valence-corrected chi connectivity index (χ2v) is 21.9. The molecule has 0 saturated heterocycles. The molecule has 69 heavy (non-hydrogen) atoms. The van der Waals surface area contributed by atoms with Crippen LogP contribution in [0.3, 0.4) is 0 Å². The molecule has 396 valence electrons. The van der Waals surface area contributed by atoms with E-state index in [1.807, 2.05) is 24.9 Å². The third-order valence-electron chi connectivity index (χ3n) is 13.1. The normalized spacial score (nSPS) is 22.6. The number of aldehydes is 1. The number of unbranched alkanes of at least 4 members (excludes halogenated alkanes) is 2. The quantitative estimate of drug-likeness (QED) is 0.110. The van der Waals surface area contributed by atoms with Crippen LogP contribution in [0.2, 0.25) is 5.02 Å². The fraction of sp³-hybridized carbons (Fsp3) is 0.629. The van der Waals surface area contributed by atoms with Crippen molar-refractivity contribution in [1.29, 1.82) is 0 Å². The van der Waals surface area contributed by atoms with Crippen LogP contribution in [-0.4, -0.2) is 62.0 Å². The van der Waals surface area contributed by atoms with Gasteiger partial charge >= 0.3 is 0 Å². The average Bonchev–Trinajstić information content (AvgIpc) is 3.33. The van der Waals surface area contributed by atoms with Crippen molar-refractivity contribution in [3.05, 3.63) is 128 Å². The minimum Gasteiger partial charge on any atom is -0.377 e. The highest BCUT2D eigenvalue weighted by molar-refractivity contribution is 8.00. The lowest BCUT2D eigenvalue weighted by molar-refractivity contribution is -0.112. The van der Waals surface area contributed by atoms with Crippen molar-refractivity contribution in [3.63, 3.8) is 0 Å². The monoisotopic (exact) mass is 993 g/mol. The molecule has 2 aliphatic rings. The zero-order valence-corrected chi connectivity index (χ0v) is 48.9. The summed E-state index contributed by atoms with van der Waals surface area (Å²) in [6.07, 6.45) is 25.0. The number of hydrogen-bond donors (Lipinski definition) is 2. The minimum absolute atomic E-state index is 0.194. The number of allylic oxidation sites excluding steroid dienone is 6. The molecular formula is C62H109ClN4OS. The number of anilines is 1. The van der Waals surface area contributed by atoms with Gasteiger partial charge in [0.05, 0.1) is 10.7 Å². The van der Waals surface area contributed by atoms with E-state index < -0.39 is 0 Å². The zero-order chi connectivity index (χ0) is 53.6. The van der Waals surface area contributed by atoms with Crippen LogP contribution >= 0.6 is 23.4 Å². The number of aryl methyl sites for hydroxylation is 1. The van der Waals surface area contributed by atoms with E-state index in [9.17, 15) is 4.79 Å². The standard InChI is InChI=1S/C30H45ClN2.C20H35NOS.C4H11N.C4H10.2C2H4/c1-9-27-19-28(32)13-11-10-12-20(2)16-26-17-22(4)30(31)29(18-26)33(8)23(5)15-14-21(3)24(6)25(27)7;1-5-7-8-14-23-20(9-6-2)17(3)21(4)15-18-10-12-19(16-22)13-11-18;1-4(2)5-3;1-4(2)3;2*1-2/h10-12,17-18,24-25,27-28H,3,5,9,13-16,19,32H2,1-2,4,6-8H3;6,16,18-20H,2-3,5,7-15H2,1,4H3;4-5H,1-3H3;4H,1-3H3;2*1-2H2/b11-10+,20-12+;;;;;. The smallest absolute Gasteiger partial charge is 0.123 e. The van der Waals surface area contributed by atoms with Gasteiger partial charge in [0, 0.05) is 55.3 Å². The molecule has 2 bridgehead atoms. The molecular weight excluding hydrogens is 884 g/mol. The summed E-state index contributed by atoms with van der Waals surface area (Å²) in [6, 6.07) is 5.23. The van der Waals surface area contributed by atoms with Gasteiger partial charge in [-0.3, -0.25) is 0 Å². The zero-order valence-electron chi connectivity index (χ0n) is 47.4. The number of carbonyl (C=O) groups excluding carboxylic acids is 1. The fourth-order valence-corrected chi connectivity index (χ4v) is 9.75. The first kappa shape index (κ1) is 70.2. The Bertz CT molecular complexity index is 1600. The number of nitrogens with zero attached hydrogens (tertiary/aromatic N) is 2. The molecule has 0 spiro atoms. The van der Waals surface area contributed by atoms with Crippen LogP contribution in [0.5, 0.6) is 0 Å². The predicted molar refractivity (Wildman–Crippen MR) is 319 cm³/mol. The van der Waals surface area contributed by atoms with Crippen LogP contribution in [-0.2, 0) is 11.2 Å². The number of thioether (sulfide) groups is 1. The summed E-state index contributed by atoms with van der Waals surface area (Å²) >= 11 is 8.76. The molecule has 1 aromatic carbocycles. The van der Waals surface area contributed by atoms with Crippen LogP contribution in [0.1, 0.15) is 164 Å². The lowest BCUT2D eigenvalue weighted by atomic mass is 9.75. The Morgan fingerprint density at radius 2 is 1.58 bits per heavy atom. The van der Waals surface area contributed by atoms with Gasteiger partial charge in [-0.1, -0.05) is 154 Å². The summed E-state index contributed by atoms with van der Waals surface area (Å²) in [5.74, 6) is 4.68. The molecule has 7 heteroatoms. The molecule has 0 radical (unpaired) electrons. The van der Waals surface area contributed by atoms with Crippen LogP contribution in [0.25, 0.3) is 0 Å². The maximum Gasteiger partial charge on any atom is 0.123 e. The highest BCUT2D eigenvalue weighted by atomic mass is 35.5. The van der Waals surface area contributed by atoms with E-state index in [1.165, 1.54) is 60.3 Å². The molecule has 1 saturated carbocycles. The Balaban J connectivity index is -0.00000104. The van der Waals surface area contributed by atoms with E-state index in [0.717, 1.165) is 98.5 Å². The molecule has 5 atom stereocenters. The van der Waals surface area contributed by atoms with Crippen LogP contribution in [0.15, 0.2) is 112 Å². The topological polar surface area (TPSA) is 61.6 Å². The van der Waals surface area contributed by atoms with Gasteiger partial charge in [0.25, 0.3) is 0 Å². The van der Waals surface area contributed by atoms with Crippen molar-refractivity contribution in [2.24, 2.45) is 41.2 Å². The van der Waals surface area contributed by atoms with E-state index in [-0.39, 0.29) is 6.04 Å². The maximum atomic E-state index is 10.9. The molecule has 1 fully saturated rings. The first-order valence-electron chi connectivity index (χ1n) is 26.4. The Morgan fingerprint density at radius 1 is 1.00 bits per heavy atom. The third kappa shape index (κ3) is 31.8. The molecule has 3 N–H and O–H groups in total. The largest absolute Gasteiger partial charge is 0.377 e. The minimum atomic E-state index is 0.194. The number of carbonyl (C=O) groups is 1. The van der Waals surface area contributed by atoms with E-state index in [2.05, 4.69) is 188 Å². The second kappa shape index (κ2) is 42.6. The van der Waals surface area contributed by atoms with Crippen molar-refractivity contribution < 1.29 is 4.79 Å². The Hall–Kier alpha value is -3.03. The number of fused-ring (bicyclic) bond motifs is 2. The van der Waals surface area contributed by atoms with Gasteiger partial charge in [0.15, 0.2) is 0 Å². The summed E-state index contributed by atoms with van der Waals surface area (Å²) in [6.45, 7) is 54.4. The molecule has 5 nitrogen and oxygen atoms in total. The fourth-order valence-electron chi connectivity index (χ4n) is 8.21. The van der Waals surface area contributed by atoms with E-state index in [0.29, 0.717) is 40.9 Å². The van der Waals surface area contributed by atoms with Crippen LogP contribution in [0, 0.1) is 42.4 Å². The van der Waals surface area contributed by atoms with E-state index in [1.54, 1.807) is 0 Å². The average molecular weight is 994 g/mol. The molecule has 1 aromatic rings. The van der Waals surface area contributed by atoms with Crippen LogP contribution < -0.4 is 16.0 Å². The van der Waals surface area contributed by atoms with E-state index >= 15 is 0 Å². The number of hydrogen-bond acceptors (Lipinski definition) is 6. The highest BCUT2D eigenvalue weighted by Gasteiger charge is 2.26. The molecule has 1 aliphatic heterocycles. The van der Waals surface area contributed by atoms with Crippen molar-refractivity contribution in [2.45, 2.75) is 183 Å². The number of nitrogens with two attached hydrogens (primary N) is 1. The SMILES string of the molecule is C=C.C=C.C=C1CCC(=C)N(C)c2cc(cc(C)c2Cl)C/C(C)=C/C=C/CC(N)CC(CC)C(C)C1C.C=CCC(SCCCCC)C(=C)N(C)CC1CCC(C=O)CC1.CC(C)C.CNC(C)C. The lowest BCUT2D eigenvalue weighted by Crippen LogP contribution is -2.31. The molecule has 5 unspecified atom stereocenters. The van der Waals surface area contributed by atoms with Gasteiger partial charge in [0.1, 0.15) is 6.29 Å². The predicted octanol–water partition coefficient (Wildman–Crippen LogP) is 17.6. The molecule has 1 heterocycles. The van der Waals surface area contributed by atoms with Crippen molar-refractivity contribution in [2.75, 3.05) is 38.3 Å². The summed E-state index contributed by atoms with van der Waals surface area (Å²) in [5.41, 5.74) is 14.9. The van der Waals surface area contributed by atoms with Gasteiger partial charge in [-0.15, -0.1) is 32.9 Å². The van der Waals surface area contributed by atoms with Crippen LogP contribution in [0.4, 0.5) is 5.69 Å². The second-order valence-electron chi connectivity index (χ2n) is 20.2. The Kier molecular flexibility index (Phi) is 43.4. The maximum absolute atomic E-state index is 10.9. The van der Waals surface area contributed by atoms with Gasteiger partial charge in [-0.2, -0.15) is 11.8 Å². The highest BCUT2D eigenvalue weighted by Crippen LogP contribution is 2.37. The Labute approximate surface area is 438 Å². The van der Waals surface area contributed by atoms with Crippen molar-refractivity contribution in [1.82, 2.24) is 10.2 Å². The summed E-state index contributed by atoms with van der Waals surface area (Å²) in [4.78, 5) is 15.4. The first-order chi connectivity index (χ1) is 32.7. The number of benzene rings is 1. The molecule has 0 amide bonds. The lowest BCUT2D eigenvalue weighted by Gasteiger charge is -2.33. The molecule has 0 aromatic heterocycles. The van der Waals surface area contributed by atoms with Crippen molar-refractivity contribution in [3.8, 4) is 0 Å². The summed E-state index contributed by atoms with van der Waals surface area (Å²) < 4.78 is 0. The first-order valence-corrected chi connectivity index (χ1v) is 27.8. The van der Waals surface area contributed by atoms with Gasteiger partial charge in [-0.25, -0.2) is 0 Å². The number of rotatable bonds is 14. The van der Waals surface area contributed by atoms with Gasteiger partial charge in [-0.05, 0) is 144 Å². The summed E-state index contributed by atoms with van der Waals surface area (Å²) in [5, 5.41) is 4.29. The van der Waals surface area contributed by atoms with Gasteiger partial charge in [0.2, 0.25) is 0 Å². The molecule has 1 aliphatic carbocycles. The number of halogens is 1.